The second-order valence-electron chi connectivity index (χ2n) is 7.81. The summed E-state index contributed by atoms with van der Waals surface area (Å²) in [5.74, 6) is 0.632. The molecule has 0 saturated carbocycles. The first kappa shape index (κ1) is 23.6. The number of carbonyl (C=O) groups is 2. The van der Waals surface area contributed by atoms with Gasteiger partial charge in [-0.2, -0.15) is 0 Å². The Morgan fingerprint density at radius 3 is 2.30 bits per heavy atom. The fourth-order valence-corrected chi connectivity index (χ4v) is 4.31. The Morgan fingerprint density at radius 1 is 1.03 bits per heavy atom. The fraction of sp³-hybridized carbons (Fsp3) is 0.391. The molecule has 33 heavy (non-hydrogen) atoms. The normalized spacial score (nSPS) is 17.3. The standard InChI is InChI=1S/C23H25Cl2N3O5/c1-31-23(30)22(15-2-4-16(24)5-3-15)28-8-6-27(7-9-28)14-21(29)26-18-13-20-19(12-17(18)25)32-10-11-33-20/h2-5,12-13,22H,6-11,14H2,1H3,(H,26,29). The third-order valence-electron chi connectivity index (χ3n) is 5.66. The van der Waals surface area contributed by atoms with Gasteiger partial charge in [0.1, 0.15) is 19.3 Å². The van der Waals surface area contributed by atoms with E-state index in [2.05, 4.69) is 10.2 Å². The second kappa shape index (κ2) is 10.6. The molecule has 2 aromatic carbocycles. The van der Waals surface area contributed by atoms with E-state index in [4.69, 9.17) is 37.4 Å². The number of esters is 1. The molecule has 2 aliphatic heterocycles. The van der Waals surface area contributed by atoms with Crippen molar-refractivity contribution in [3.8, 4) is 11.5 Å². The minimum Gasteiger partial charge on any atom is -0.486 e. The predicted molar refractivity (Wildman–Crippen MR) is 125 cm³/mol. The Bertz CT molecular complexity index is 1010. The van der Waals surface area contributed by atoms with Crippen LogP contribution in [-0.4, -0.2) is 74.7 Å². The number of ether oxygens (including phenoxy) is 3. The van der Waals surface area contributed by atoms with Gasteiger partial charge in [-0.1, -0.05) is 35.3 Å². The molecule has 1 unspecified atom stereocenters. The van der Waals surface area contributed by atoms with Gasteiger partial charge in [-0.05, 0) is 17.7 Å². The topological polar surface area (TPSA) is 80.3 Å². The molecule has 1 saturated heterocycles. The van der Waals surface area contributed by atoms with E-state index < -0.39 is 6.04 Å². The number of halogens is 2. The molecule has 176 valence electrons. The van der Waals surface area contributed by atoms with E-state index in [0.29, 0.717) is 66.6 Å². The van der Waals surface area contributed by atoms with Gasteiger partial charge in [0.15, 0.2) is 11.5 Å². The molecule has 0 spiro atoms. The van der Waals surface area contributed by atoms with E-state index in [1.54, 1.807) is 24.3 Å². The van der Waals surface area contributed by atoms with Crippen molar-refractivity contribution in [1.29, 1.82) is 0 Å². The first-order valence-corrected chi connectivity index (χ1v) is 11.4. The summed E-state index contributed by atoms with van der Waals surface area (Å²) in [6, 6.07) is 10.0. The van der Waals surface area contributed by atoms with Crippen LogP contribution in [0.25, 0.3) is 0 Å². The van der Waals surface area contributed by atoms with Crippen LogP contribution in [0.2, 0.25) is 10.0 Å². The maximum atomic E-state index is 12.6. The molecule has 0 aliphatic carbocycles. The van der Waals surface area contributed by atoms with Crippen LogP contribution in [0.1, 0.15) is 11.6 Å². The van der Waals surface area contributed by atoms with Crippen molar-refractivity contribution in [3.63, 3.8) is 0 Å². The molecule has 0 radical (unpaired) electrons. The Hall–Kier alpha value is -2.52. The van der Waals surface area contributed by atoms with E-state index in [1.165, 1.54) is 7.11 Å². The van der Waals surface area contributed by atoms with Crippen molar-refractivity contribution in [2.75, 3.05) is 58.4 Å². The lowest BCUT2D eigenvalue weighted by molar-refractivity contribution is -0.148. The molecular weight excluding hydrogens is 469 g/mol. The number of nitrogens with one attached hydrogen (secondary N) is 1. The van der Waals surface area contributed by atoms with Crippen LogP contribution in [0.4, 0.5) is 5.69 Å². The summed E-state index contributed by atoms with van der Waals surface area (Å²) in [7, 11) is 1.38. The number of methoxy groups -OCH3 is 1. The van der Waals surface area contributed by atoms with Crippen molar-refractivity contribution in [2.45, 2.75) is 6.04 Å². The van der Waals surface area contributed by atoms with Crippen molar-refractivity contribution in [3.05, 3.63) is 52.0 Å². The van der Waals surface area contributed by atoms with Crippen molar-refractivity contribution in [1.82, 2.24) is 9.80 Å². The van der Waals surface area contributed by atoms with Crippen molar-refractivity contribution < 1.29 is 23.8 Å². The number of piperazine rings is 1. The Balaban J connectivity index is 1.34. The minimum absolute atomic E-state index is 0.177. The van der Waals surface area contributed by atoms with E-state index in [0.717, 1.165) is 5.56 Å². The number of fused-ring (bicyclic) bond motifs is 1. The van der Waals surface area contributed by atoms with Crippen LogP contribution in [0.3, 0.4) is 0 Å². The summed E-state index contributed by atoms with van der Waals surface area (Å²) in [5, 5.41) is 3.85. The Labute approximate surface area is 202 Å². The highest BCUT2D eigenvalue weighted by atomic mass is 35.5. The zero-order chi connectivity index (χ0) is 23.4. The number of anilines is 1. The van der Waals surface area contributed by atoms with Gasteiger partial charge in [-0.25, -0.2) is 4.79 Å². The van der Waals surface area contributed by atoms with Crippen LogP contribution in [0, 0.1) is 0 Å². The predicted octanol–water partition coefficient (Wildman–Crippen LogP) is 3.24. The molecular formula is C23H25Cl2N3O5. The summed E-state index contributed by atoms with van der Waals surface area (Å²) < 4.78 is 16.1. The Morgan fingerprint density at radius 2 is 1.67 bits per heavy atom. The van der Waals surface area contributed by atoms with Gasteiger partial charge in [0, 0.05) is 43.3 Å². The quantitative estimate of drug-likeness (QED) is 0.618. The van der Waals surface area contributed by atoms with Gasteiger partial charge in [0.25, 0.3) is 0 Å². The summed E-state index contributed by atoms with van der Waals surface area (Å²) in [6.07, 6.45) is 0. The Kier molecular flexibility index (Phi) is 7.60. The average molecular weight is 494 g/mol. The maximum Gasteiger partial charge on any atom is 0.327 e. The molecule has 0 aromatic heterocycles. The molecule has 8 nitrogen and oxygen atoms in total. The first-order valence-electron chi connectivity index (χ1n) is 10.6. The monoisotopic (exact) mass is 493 g/mol. The van der Waals surface area contributed by atoms with Gasteiger partial charge in [0.2, 0.25) is 5.91 Å². The van der Waals surface area contributed by atoms with Crippen LogP contribution < -0.4 is 14.8 Å². The third-order valence-corrected chi connectivity index (χ3v) is 6.22. The number of benzene rings is 2. The number of nitrogens with zero attached hydrogens (tertiary/aromatic N) is 2. The highest BCUT2D eigenvalue weighted by Gasteiger charge is 2.31. The first-order chi connectivity index (χ1) is 15.9. The second-order valence-corrected chi connectivity index (χ2v) is 8.66. The number of hydrogen-bond donors (Lipinski definition) is 1. The van der Waals surface area contributed by atoms with Crippen LogP contribution in [-0.2, 0) is 14.3 Å². The zero-order valence-corrected chi connectivity index (χ0v) is 19.7. The van der Waals surface area contributed by atoms with Gasteiger partial charge in [-0.3, -0.25) is 14.6 Å². The van der Waals surface area contributed by atoms with Crippen molar-refractivity contribution >= 4 is 40.8 Å². The average Bonchev–Trinajstić information content (AvgIpc) is 2.82. The molecule has 0 bridgehead atoms. The largest absolute Gasteiger partial charge is 0.486 e. The lowest BCUT2D eigenvalue weighted by atomic mass is 10.0. The van der Waals surface area contributed by atoms with Gasteiger partial charge >= 0.3 is 5.97 Å². The molecule has 1 amide bonds. The highest BCUT2D eigenvalue weighted by molar-refractivity contribution is 6.34. The van der Waals surface area contributed by atoms with Crippen molar-refractivity contribution in [2.24, 2.45) is 0 Å². The summed E-state index contributed by atoms with van der Waals surface area (Å²) in [6.45, 7) is 3.61. The highest BCUT2D eigenvalue weighted by Crippen LogP contribution is 2.38. The van der Waals surface area contributed by atoms with Crippen LogP contribution >= 0.6 is 23.2 Å². The molecule has 1 fully saturated rings. The fourth-order valence-electron chi connectivity index (χ4n) is 3.98. The smallest absolute Gasteiger partial charge is 0.327 e. The molecule has 2 aromatic rings. The molecule has 1 N–H and O–H groups in total. The molecule has 1 atom stereocenters. The molecule has 10 heteroatoms. The number of rotatable bonds is 6. The van der Waals surface area contributed by atoms with E-state index in [9.17, 15) is 9.59 Å². The lowest BCUT2D eigenvalue weighted by Gasteiger charge is -2.38. The molecule has 2 aliphatic rings. The van der Waals surface area contributed by atoms with Crippen LogP contribution in [0.5, 0.6) is 11.5 Å². The van der Waals surface area contributed by atoms with Gasteiger partial charge in [0.05, 0.1) is 24.4 Å². The minimum atomic E-state index is -0.514. The van der Waals surface area contributed by atoms with Gasteiger partial charge < -0.3 is 19.5 Å². The summed E-state index contributed by atoms with van der Waals surface area (Å²) in [4.78, 5) is 29.2. The third kappa shape index (κ3) is 5.70. The van der Waals surface area contributed by atoms with E-state index in [-0.39, 0.29) is 18.4 Å². The SMILES string of the molecule is COC(=O)C(c1ccc(Cl)cc1)N1CCN(CC(=O)Nc2cc3c(cc2Cl)OCCO3)CC1. The van der Waals surface area contributed by atoms with Gasteiger partial charge in [-0.15, -0.1) is 0 Å². The number of hydrogen-bond acceptors (Lipinski definition) is 7. The van der Waals surface area contributed by atoms with E-state index >= 15 is 0 Å². The molecule has 4 rings (SSSR count). The maximum absolute atomic E-state index is 12.6. The zero-order valence-electron chi connectivity index (χ0n) is 18.2. The summed E-state index contributed by atoms with van der Waals surface area (Å²) >= 11 is 12.3. The number of carbonyl (C=O) groups excluding carboxylic acids is 2. The molecule has 2 heterocycles. The summed E-state index contributed by atoms with van der Waals surface area (Å²) in [5.41, 5.74) is 1.31. The van der Waals surface area contributed by atoms with Crippen LogP contribution in [0.15, 0.2) is 36.4 Å². The lowest BCUT2D eigenvalue weighted by Crippen LogP contribution is -2.51. The number of amides is 1. The van der Waals surface area contributed by atoms with E-state index in [1.807, 2.05) is 17.0 Å².